The van der Waals surface area contributed by atoms with E-state index in [1.165, 1.54) is 0 Å². The molecule has 0 saturated carbocycles. The van der Waals surface area contributed by atoms with Gasteiger partial charge in [-0.05, 0) is 30.3 Å². The number of fused-ring (bicyclic) bond motifs is 1. The molecule has 0 bridgehead atoms. The van der Waals surface area contributed by atoms with Crippen molar-refractivity contribution in [1.29, 1.82) is 0 Å². The molecule has 4 heteroatoms. The van der Waals surface area contributed by atoms with Gasteiger partial charge in [0.15, 0.2) is 5.58 Å². The molecule has 0 radical (unpaired) electrons. The van der Waals surface area contributed by atoms with E-state index >= 15 is 0 Å². The van der Waals surface area contributed by atoms with Crippen LogP contribution in [-0.4, -0.2) is 4.98 Å². The molecule has 3 nitrogen and oxygen atoms in total. The van der Waals surface area contributed by atoms with E-state index in [1.54, 1.807) is 0 Å². The molecule has 0 saturated heterocycles. The molecule has 0 atom stereocenters. The van der Waals surface area contributed by atoms with E-state index in [9.17, 15) is 0 Å². The SMILES string of the molecule is Nc1ccc(Br)cc1-c1nc2ccccc2o1. The lowest BCUT2D eigenvalue weighted by atomic mass is 10.2. The Labute approximate surface area is 106 Å². The van der Waals surface area contributed by atoms with Gasteiger partial charge in [-0.2, -0.15) is 0 Å². The van der Waals surface area contributed by atoms with Crippen molar-refractivity contribution in [2.45, 2.75) is 0 Å². The smallest absolute Gasteiger partial charge is 0.229 e. The highest BCUT2D eigenvalue weighted by atomic mass is 79.9. The molecule has 2 N–H and O–H groups in total. The van der Waals surface area contributed by atoms with E-state index in [0.29, 0.717) is 11.6 Å². The van der Waals surface area contributed by atoms with Crippen molar-refractivity contribution in [3.63, 3.8) is 0 Å². The maximum atomic E-state index is 5.92. The summed E-state index contributed by atoms with van der Waals surface area (Å²) in [5.41, 5.74) is 8.98. The molecule has 1 aromatic heterocycles. The maximum Gasteiger partial charge on any atom is 0.229 e. The summed E-state index contributed by atoms with van der Waals surface area (Å²) in [7, 11) is 0. The first kappa shape index (κ1) is 10.4. The molecule has 3 rings (SSSR count). The third-order valence-corrected chi connectivity index (χ3v) is 3.03. The number of nitrogens with zero attached hydrogens (tertiary/aromatic N) is 1. The van der Waals surface area contributed by atoms with Gasteiger partial charge < -0.3 is 10.2 Å². The number of oxazole rings is 1. The van der Waals surface area contributed by atoms with E-state index < -0.39 is 0 Å². The molecule has 0 aliphatic carbocycles. The van der Waals surface area contributed by atoms with Crippen LogP contribution in [0.3, 0.4) is 0 Å². The number of aromatic nitrogens is 1. The minimum Gasteiger partial charge on any atom is -0.436 e. The van der Waals surface area contributed by atoms with Crippen molar-refractivity contribution in [3.8, 4) is 11.5 Å². The fourth-order valence-corrected chi connectivity index (χ4v) is 2.06. The number of halogens is 1. The second kappa shape index (κ2) is 3.89. The van der Waals surface area contributed by atoms with Crippen LogP contribution < -0.4 is 5.73 Å². The van der Waals surface area contributed by atoms with Crippen molar-refractivity contribution in [2.75, 3.05) is 5.73 Å². The summed E-state index contributed by atoms with van der Waals surface area (Å²) in [5.74, 6) is 0.546. The van der Waals surface area contributed by atoms with Crippen LogP contribution in [0, 0.1) is 0 Å². The van der Waals surface area contributed by atoms with Gasteiger partial charge in [-0.3, -0.25) is 0 Å². The van der Waals surface area contributed by atoms with Crippen LogP contribution in [0.4, 0.5) is 5.69 Å². The van der Waals surface area contributed by atoms with Gasteiger partial charge in [-0.15, -0.1) is 0 Å². The molecule has 0 spiro atoms. The topological polar surface area (TPSA) is 52.0 Å². The van der Waals surface area contributed by atoms with E-state index in [2.05, 4.69) is 20.9 Å². The largest absolute Gasteiger partial charge is 0.436 e. The summed E-state index contributed by atoms with van der Waals surface area (Å²) in [5, 5.41) is 0. The Hall–Kier alpha value is -1.81. The average Bonchev–Trinajstić information content (AvgIpc) is 2.75. The second-order valence-electron chi connectivity index (χ2n) is 3.72. The van der Waals surface area contributed by atoms with Crippen molar-refractivity contribution in [1.82, 2.24) is 4.98 Å². The third-order valence-electron chi connectivity index (χ3n) is 2.54. The monoisotopic (exact) mass is 288 g/mol. The van der Waals surface area contributed by atoms with E-state index in [-0.39, 0.29) is 0 Å². The van der Waals surface area contributed by atoms with Crippen LogP contribution in [0.2, 0.25) is 0 Å². The van der Waals surface area contributed by atoms with Gasteiger partial charge in [-0.25, -0.2) is 4.98 Å². The number of rotatable bonds is 1. The Bertz CT molecular complexity index is 658. The zero-order valence-electron chi connectivity index (χ0n) is 8.85. The van der Waals surface area contributed by atoms with Gasteiger partial charge >= 0.3 is 0 Å². The zero-order chi connectivity index (χ0) is 11.8. The number of anilines is 1. The fraction of sp³-hybridized carbons (Fsp3) is 0. The third kappa shape index (κ3) is 1.80. The number of benzene rings is 2. The van der Waals surface area contributed by atoms with Crippen molar-refractivity contribution in [3.05, 3.63) is 46.9 Å². The summed E-state index contributed by atoms with van der Waals surface area (Å²) in [6.45, 7) is 0. The first-order valence-electron chi connectivity index (χ1n) is 5.15. The normalized spacial score (nSPS) is 10.9. The first-order chi connectivity index (χ1) is 8.24. The standard InChI is InChI=1S/C13H9BrN2O/c14-8-5-6-10(15)9(7-8)13-16-11-3-1-2-4-12(11)17-13/h1-7H,15H2. The quantitative estimate of drug-likeness (QED) is 0.692. The molecule has 0 fully saturated rings. The molecule has 3 aromatic rings. The van der Waals surface area contributed by atoms with E-state index in [0.717, 1.165) is 21.1 Å². The molecule has 17 heavy (non-hydrogen) atoms. The van der Waals surface area contributed by atoms with E-state index in [4.69, 9.17) is 10.2 Å². The number of hydrogen-bond acceptors (Lipinski definition) is 3. The Kier molecular flexibility index (Phi) is 2.37. The lowest BCUT2D eigenvalue weighted by Crippen LogP contribution is -1.89. The van der Waals surface area contributed by atoms with E-state index in [1.807, 2.05) is 42.5 Å². The minimum absolute atomic E-state index is 0.546. The highest BCUT2D eigenvalue weighted by Gasteiger charge is 2.10. The fourth-order valence-electron chi connectivity index (χ4n) is 1.70. The van der Waals surface area contributed by atoms with Gasteiger partial charge in [0.05, 0.1) is 5.56 Å². The van der Waals surface area contributed by atoms with Gasteiger partial charge in [0.25, 0.3) is 0 Å². The molecule has 1 heterocycles. The predicted molar refractivity (Wildman–Crippen MR) is 71.6 cm³/mol. The van der Waals surface area contributed by atoms with Gasteiger partial charge in [-0.1, -0.05) is 28.1 Å². The molecular weight excluding hydrogens is 280 g/mol. The molecule has 0 aliphatic rings. The second-order valence-corrected chi connectivity index (χ2v) is 4.63. The number of hydrogen-bond donors (Lipinski definition) is 1. The Morgan fingerprint density at radius 1 is 1.12 bits per heavy atom. The Balaban J connectivity index is 2.23. The maximum absolute atomic E-state index is 5.92. The van der Waals surface area contributed by atoms with Crippen LogP contribution in [0.15, 0.2) is 51.4 Å². The van der Waals surface area contributed by atoms with Gasteiger partial charge in [0, 0.05) is 10.2 Å². The molecule has 0 aliphatic heterocycles. The predicted octanol–water partition coefficient (Wildman–Crippen LogP) is 3.84. The van der Waals surface area contributed by atoms with Crippen LogP contribution >= 0.6 is 15.9 Å². The number of para-hydroxylation sites is 2. The van der Waals surface area contributed by atoms with Crippen LogP contribution in [0.25, 0.3) is 22.6 Å². The number of nitrogen functional groups attached to an aromatic ring is 1. The van der Waals surface area contributed by atoms with Crippen LogP contribution in [0.1, 0.15) is 0 Å². The molecule has 0 unspecified atom stereocenters. The van der Waals surface area contributed by atoms with Gasteiger partial charge in [0.2, 0.25) is 5.89 Å². The molecule has 0 amide bonds. The summed E-state index contributed by atoms with van der Waals surface area (Å²) in [6.07, 6.45) is 0. The highest BCUT2D eigenvalue weighted by Crippen LogP contribution is 2.30. The lowest BCUT2D eigenvalue weighted by Gasteiger charge is -2.01. The Morgan fingerprint density at radius 3 is 2.76 bits per heavy atom. The highest BCUT2D eigenvalue weighted by molar-refractivity contribution is 9.10. The van der Waals surface area contributed by atoms with Crippen molar-refractivity contribution < 1.29 is 4.42 Å². The van der Waals surface area contributed by atoms with Crippen molar-refractivity contribution >= 4 is 32.7 Å². The minimum atomic E-state index is 0.546. The van der Waals surface area contributed by atoms with Crippen LogP contribution in [0.5, 0.6) is 0 Å². The van der Waals surface area contributed by atoms with Gasteiger partial charge in [0.1, 0.15) is 5.52 Å². The Morgan fingerprint density at radius 2 is 1.94 bits per heavy atom. The lowest BCUT2D eigenvalue weighted by molar-refractivity contribution is 0.620. The molecule has 2 aromatic carbocycles. The first-order valence-corrected chi connectivity index (χ1v) is 5.94. The summed E-state index contributed by atoms with van der Waals surface area (Å²) in [6, 6.07) is 13.3. The summed E-state index contributed by atoms with van der Waals surface area (Å²) < 4.78 is 6.63. The summed E-state index contributed by atoms with van der Waals surface area (Å²) >= 11 is 3.41. The summed E-state index contributed by atoms with van der Waals surface area (Å²) in [4.78, 5) is 4.42. The molecular formula is C13H9BrN2O. The van der Waals surface area contributed by atoms with Crippen LogP contribution in [-0.2, 0) is 0 Å². The average molecular weight is 289 g/mol. The zero-order valence-corrected chi connectivity index (χ0v) is 10.4. The molecule has 84 valence electrons. The number of nitrogens with two attached hydrogens (primary N) is 1. The van der Waals surface area contributed by atoms with Crippen molar-refractivity contribution in [2.24, 2.45) is 0 Å².